The highest BCUT2D eigenvalue weighted by molar-refractivity contribution is 5.84. The number of carbonyl (C=O) groups excluding carboxylic acids is 1. The van der Waals surface area contributed by atoms with Gasteiger partial charge < -0.3 is 10.4 Å². The molecule has 1 heterocycles. The van der Waals surface area contributed by atoms with Gasteiger partial charge in [-0.3, -0.25) is 9.48 Å². The quantitative estimate of drug-likeness (QED) is 0.795. The first kappa shape index (κ1) is 14.2. The molecule has 2 N–H and O–H groups in total. The molecule has 1 rings (SSSR count). The van der Waals surface area contributed by atoms with Gasteiger partial charge in [-0.1, -0.05) is 20.3 Å². The van der Waals surface area contributed by atoms with E-state index in [1.165, 1.54) is 10.9 Å². The van der Waals surface area contributed by atoms with Gasteiger partial charge in [0.05, 0.1) is 6.20 Å². The van der Waals surface area contributed by atoms with Gasteiger partial charge in [0.1, 0.15) is 0 Å². The molecule has 0 aromatic carbocycles. The normalized spacial score (nSPS) is 13.9. The summed E-state index contributed by atoms with van der Waals surface area (Å²) in [6, 6.07) is -1.03. The van der Waals surface area contributed by atoms with Crippen molar-refractivity contribution in [3.63, 3.8) is 0 Å². The van der Waals surface area contributed by atoms with Gasteiger partial charge in [0.2, 0.25) is 5.91 Å². The molecular formula is C12H19N3O3. The fourth-order valence-corrected chi connectivity index (χ4v) is 1.56. The zero-order valence-electron chi connectivity index (χ0n) is 10.9. The minimum Gasteiger partial charge on any atom is -0.479 e. The van der Waals surface area contributed by atoms with Crippen molar-refractivity contribution in [2.75, 3.05) is 0 Å². The molecule has 0 bridgehead atoms. The number of aromatic nitrogens is 2. The Morgan fingerprint density at radius 2 is 2.22 bits per heavy atom. The Labute approximate surface area is 106 Å². The average Bonchev–Trinajstić information content (AvgIpc) is 2.71. The van der Waals surface area contributed by atoms with E-state index in [0.29, 0.717) is 12.0 Å². The van der Waals surface area contributed by atoms with E-state index in [4.69, 9.17) is 5.11 Å². The fourth-order valence-electron chi connectivity index (χ4n) is 1.56. The van der Waals surface area contributed by atoms with Crippen LogP contribution in [0.1, 0.15) is 38.3 Å². The molecule has 1 aromatic heterocycles. The number of carbonyl (C=O) groups is 2. The monoisotopic (exact) mass is 253 g/mol. The summed E-state index contributed by atoms with van der Waals surface area (Å²) in [5, 5.41) is 15.6. The van der Waals surface area contributed by atoms with Crippen molar-refractivity contribution in [3.8, 4) is 0 Å². The van der Waals surface area contributed by atoms with Crippen LogP contribution in [-0.2, 0) is 16.6 Å². The van der Waals surface area contributed by atoms with Crippen molar-refractivity contribution in [2.45, 2.75) is 32.7 Å². The maximum atomic E-state index is 11.7. The second kappa shape index (κ2) is 6.18. The molecular weight excluding hydrogens is 234 g/mol. The molecule has 2 unspecified atom stereocenters. The number of aryl methyl sites for hydroxylation is 1. The first-order valence-corrected chi connectivity index (χ1v) is 5.94. The smallest absolute Gasteiger partial charge is 0.331 e. The van der Waals surface area contributed by atoms with Crippen LogP contribution in [0, 0.1) is 5.92 Å². The van der Waals surface area contributed by atoms with Gasteiger partial charge in [-0.25, -0.2) is 4.79 Å². The van der Waals surface area contributed by atoms with E-state index in [9.17, 15) is 9.59 Å². The van der Waals surface area contributed by atoms with Crippen LogP contribution in [0.4, 0.5) is 0 Å². The number of amides is 1. The van der Waals surface area contributed by atoms with Gasteiger partial charge in [-0.05, 0) is 5.92 Å². The highest BCUT2D eigenvalue weighted by Crippen LogP contribution is 2.13. The molecule has 1 amide bonds. The highest BCUT2D eigenvalue weighted by Gasteiger charge is 2.23. The molecule has 0 fully saturated rings. The number of nitrogens with one attached hydrogen (secondary N) is 1. The number of aliphatic carboxylic acids is 1. The van der Waals surface area contributed by atoms with E-state index in [2.05, 4.69) is 10.4 Å². The lowest BCUT2D eigenvalue weighted by molar-refractivity contribution is -0.142. The third-order valence-electron chi connectivity index (χ3n) is 2.84. The molecule has 0 spiro atoms. The fraction of sp³-hybridized carbons (Fsp3) is 0.583. The third kappa shape index (κ3) is 3.87. The van der Waals surface area contributed by atoms with Crippen LogP contribution < -0.4 is 5.32 Å². The number of nitrogens with zero attached hydrogens (tertiary/aromatic N) is 2. The van der Waals surface area contributed by atoms with Crippen LogP contribution in [0.25, 0.3) is 0 Å². The van der Waals surface area contributed by atoms with Crippen molar-refractivity contribution in [2.24, 2.45) is 13.0 Å². The minimum absolute atomic E-state index is 0.244. The third-order valence-corrected chi connectivity index (χ3v) is 2.84. The summed E-state index contributed by atoms with van der Waals surface area (Å²) < 4.78 is 1.51. The van der Waals surface area contributed by atoms with Crippen LogP contribution in [-0.4, -0.2) is 26.8 Å². The van der Waals surface area contributed by atoms with Crippen LogP contribution >= 0.6 is 0 Å². The van der Waals surface area contributed by atoms with Crippen molar-refractivity contribution in [1.82, 2.24) is 15.1 Å². The first-order valence-electron chi connectivity index (χ1n) is 5.94. The van der Waals surface area contributed by atoms with Crippen molar-refractivity contribution >= 4 is 11.9 Å². The lowest BCUT2D eigenvalue weighted by atomic mass is 10.0. The van der Waals surface area contributed by atoms with Crippen LogP contribution in [0.15, 0.2) is 12.4 Å². The minimum atomic E-state index is -1.08. The largest absolute Gasteiger partial charge is 0.479 e. The lowest BCUT2D eigenvalue weighted by Crippen LogP contribution is -2.34. The number of hydrogen-bond donors (Lipinski definition) is 2. The molecule has 0 saturated carbocycles. The predicted molar refractivity (Wildman–Crippen MR) is 65.8 cm³/mol. The zero-order valence-corrected chi connectivity index (χ0v) is 10.9. The predicted octanol–water partition coefficient (Wildman–Crippen LogP) is 1.10. The van der Waals surface area contributed by atoms with E-state index in [0.717, 1.165) is 6.42 Å². The van der Waals surface area contributed by atoms with E-state index in [1.54, 1.807) is 13.2 Å². The average molecular weight is 253 g/mol. The van der Waals surface area contributed by atoms with E-state index in [1.807, 2.05) is 13.8 Å². The molecule has 0 aliphatic heterocycles. The Hall–Kier alpha value is -1.85. The molecule has 0 aliphatic carbocycles. The van der Waals surface area contributed by atoms with E-state index in [-0.39, 0.29) is 11.8 Å². The number of hydrogen-bond acceptors (Lipinski definition) is 3. The molecule has 1 aromatic rings. The van der Waals surface area contributed by atoms with Crippen LogP contribution in [0.5, 0.6) is 0 Å². The summed E-state index contributed by atoms with van der Waals surface area (Å²) in [5.74, 6) is -1.09. The van der Waals surface area contributed by atoms with Crippen LogP contribution in [0.3, 0.4) is 0 Å². The van der Waals surface area contributed by atoms with Gasteiger partial charge in [-0.15, -0.1) is 0 Å². The molecule has 6 nitrogen and oxygen atoms in total. The first-order chi connectivity index (χ1) is 8.43. The molecule has 0 saturated heterocycles. The van der Waals surface area contributed by atoms with Crippen molar-refractivity contribution < 1.29 is 14.7 Å². The lowest BCUT2D eigenvalue weighted by Gasteiger charge is -2.14. The Kier molecular flexibility index (Phi) is 4.88. The SMILES string of the molecule is CCC(C)CC(=O)NC(C(=O)O)c1cnn(C)c1. The summed E-state index contributed by atoms with van der Waals surface area (Å²) in [4.78, 5) is 22.9. The number of carboxylic acids is 1. The number of carboxylic acid groups (broad SMARTS) is 1. The van der Waals surface area contributed by atoms with Crippen molar-refractivity contribution in [3.05, 3.63) is 18.0 Å². The van der Waals surface area contributed by atoms with Gasteiger partial charge >= 0.3 is 5.97 Å². The topological polar surface area (TPSA) is 84.2 Å². The van der Waals surface area contributed by atoms with Gasteiger partial charge in [0.25, 0.3) is 0 Å². The Morgan fingerprint density at radius 1 is 1.56 bits per heavy atom. The maximum Gasteiger partial charge on any atom is 0.331 e. The highest BCUT2D eigenvalue weighted by atomic mass is 16.4. The summed E-state index contributed by atoms with van der Waals surface area (Å²) in [6.07, 6.45) is 4.25. The molecule has 100 valence electrons. The van der Waals surface area contributed by atoms with E-state index >= 15 is 0 Å². The van der Waals surface area contributed by atoms with Gasteiger partial charge in [0.15, 0.2) is 6.04 Å². The Bertz CT molecular complexity index is 428. The summed E-state index contributed by atoms with van der Waals surface area (Å²) in [7, 11) is 1.70. The zero-order chi connectivity index (χ0) is 13.7. The summed E-state index contributed by atoms with van der Waals surface area (Å²) >= 11 is 0. The summed E-state index contributed by atoms with van der Waals surface area (Å²) in [5.41, 5.74) is 0.475. The second-order valence-electron chi connectivity index (χ2n) is 4.50. The molecule has 2 atom stereocenters. The standard InChI is InChI=1S/C12H19N3O3/c1-4-8(2)5-10(16)14-11(12(17)18)9-6-13-15(3)7-9/h6-8,11H,4-5H2,1-3H3,(H,14,16)(H,17,18). The molecule has 6 heteroatoms. The van der Waals surface area contributed by atoms with Gasteiger partial charge in [-0.2, -0.15) is 5.10 Å². The molecule has 0 radical (unpaired) electrons. The second-order valence-corrected chi connectivity index (χ2v) is 4.50. The van der Waals surface area contributed by atoms with E-state index < -0.39 is 12.0 Å². The summed E-state index contributed by atoms with van der Waals surface area (Å²) in [6.45, 7) is 3.95. The Balaban J connectivity index is 2.70. The van der Waals surface area contributed by atoms with Crippen LogP contribution in [0.2, 0.25) is 0 Å². The molecule has 0 aliphatic rings. The maximum absolute atomic E-state index is 11.7. The Morgan fingerprint density at radius 3 is 2.67 bits per heavy atom. The molecule has 18 heavy (non-hydrogen) atoms. The van der Waals surface area contributed by atoms with Gasteiger partial charge in [0, 0.05) is 25.2 Å². The number of rotatable bonds is 6. The van der Waals surface area contributed by atoms with Crippen molar-refractivity contribution in [1.29, 1.82) is 0 Å².